The summed E-state index contributed by atoms with van der Waals surface area (Å²) < 4.78 is 15.1. The van der Waals surface area contributed by atoms with Crippen molar-refractivity contribution >= 4 is 23.4 Å². The Morgan fingerprint density at radius 1 is 1.08 bits per heavy atom. The number of fused-ring (bicyclic) bond motifs is 1. The number of nitrogens with one attached hydrogen (secondary N) is 1. The van der Waals surface area contributed by atoms with Crippen LogP contribution in [0, 0.1) is 5.82 Å². The minimum Gasteiger partial charge on any atom is -0.324 e. The van der Waals surface area contributed by atoms with Crippen LogP contribution in [-0.4, -0.2) is 21.0 Å². The summed E-state index contributed by atoms with van der Waals surface area (Å²) in [5.41, 5.74) is 3.01. The summed E-state index contributed by atoms with van der Waals surface area (Å²) in [6.07, 6.45) is 4.04. The summed E-state index contributed by atoms with van der Waals surface area (Å²) in [6.45, 7) is 0. The molecule has 0 spiro atoms. The highest BCUT2D eigenvalue weighted by molar-refractivity contribution is 7.98. The fraction of sp³-hybridized carbons (Fsp3) is 0.111. The van der Waals surface area contributed by atoms with Gasteiger partial charge in [0.15, 0.2) is 0 Å². The van der Waals surface area contributed by atoms with E-state index < -0.39 is 0 Å². The number of thioether (sulfide) groups is 1. The minimum atomic E-state index is -0.247. The summed E-state index contributed by atoms with van der Waals surface area (Å²) in [5.74, 6) is 0.443. The average molecular weight is 338 g/mol. The molecule has 1 aromatic heterocycles. The lowest BCUT2D eigenvalue weighted by Gasteiger charge is -2.24. The molecule has 0 unspecified atom stereocenters. The van der Waals surface area contributed by atoms with Crippen LogP contribution in [0.3, 0.4) is 0 Å². The molecule has 0 bridgehead atoms. The molecule has 2 aromatic carbocycles. The zero-order chi connectivity index (χ0) is 16.5. The van der Waals surface area contributed by atoms with E-state index in [1.54, 1.807) is 12.1 Å². The van der Waals surface area contributed by atoms with E-state index in [9.17, 15) is 4.39 Å². The first-order valence-electron chi connectivity index (χ1n) is 7.55. The van der Waals surface area contributed by atoms with Crippen molar-refractivity contribution in [3.63, 3.8) is 0 Å². The van der Waals surface area contributed by atoms with Crippen molar-refractivity contribution in [3.05, 3.63) is 77.6 Å². The Morgan fingerprint density at radius 2 is 1.83 bits per heavy atom. The number of hydrogen-bond acceptors (Lipinski definition) is 4. The van der Waals surface area contributed by atoms with E-state index in [4.69, 9.17) is 0 Å². The molecule has 24 heavy (non-hydrogen) atoms. The molecular formula is C18H15FN4S. The number of aromatic nitrogens is 3. The van der Waals surface area contributed by atoms with Gasteiger partial charge in [0.25, 0.3) is 0 Å². The molecule has 0 aliphatic carbocycles. The van der Waals surface area contributed by atoms with Gasteiger partial charge in [-0.15, -0.1) is 5.10 Å². The van der Waals surface area contributed by atoms with Crippen molar-refractivity contribution in [1.29, 1.82) is 0 Å². The van der Waals surface area contributed by atoms with Gasteiger partial charge in [-0.1, -0.05) is 54.2 Å². The van der Waals surface area contributed by atoms with E-state index in [2.05, 4.69) is 21.5 Å². The number of allylic oxidation sites excluding steroid dienone is 1. The lowest BCUT2D eigenvalue weighted by Crippen LogP contribution is -2.20. The van der Waals surface area contributed by atoms with Crippen LogP contribution in [-0.2, 0) is 0 Å². The highest BCUT2D eigenvalue weighted by Crippen LogP contribution is 2.33. The molecule has 0 radical (unpaired) electrons. The van der Waals surface area contributed by atoms with Crippen LogP contribution in [0.2, 0.25) is 0 Å². The maximum Gasteiger partial charge on any atom is 0.227 e. The van der Waals surface area contributed by atoms with Gasteiger partial charge in [0, 0.05) is 5.70 Å². The third kappa shape index (κ3) is 2.69. The lowest BCUT2D eigenvalue weighted by molar-refractivity contribution is 0.592. The second-order valence-electron chi connectivity index (χ2n) is 5.43. The molecule has 3 aromatic rings. The van der Waals surface area contributed by atoms with Crippen molar-refractivity contribution < 1.29 is 4.39 Å². The van der Waals surface area contributed by atoms with Gasteiger partial charge in [0.2, 0.25) is 11.1 Å². The van der Waals surface area contributed by atoms with Gasteiger partial charge in [-0.2, -0.15) is 4.98 Å². The van der Waals surface area contributed by atoms with Crippen molar-refractivity contribution in [2.45, 2.75) is 11.2 Å². The quantitative estimate of drug-likeness (QED) is 0.727. The first-order valence-corrected chi connectivity index (χ1v) is 8.77. The molecule has 4 nitrogen and oxygen atoms in total. The van der Waals surface area contributed by atoms with Crippen molar-refractivity contribution in [1.82, 2.24) is 14.8 Å². The van der Waals surface area contributed by atoms with Gasteiger partial charge in [0.05, 0.1) is 0 Å². The summed E-state index contributed by atoms with van der Waals surface area (Å²) in [5, 5.41) is 8.59. The first kappa shape index (κ1) is 15.0. The average Bonchev–Trinajstić information content (AvgIpc) is 3.05. The zero-order valence-electron chi connectivity index (χ0n) is 13.0. The summed E-state index contributed by atoms with van der Waals surface area (Å²) in [4.78, 5) is 4.53. The maximum atomic E-state index is 13.3. The van der Waals surface area contributed by atoms with Crippen molar-refractivity contribution in [2.75, 3.05) is 11.6 Å². The van der Waals surface area contributed by atoms with Crippen LogP contribution in [0.1, 0.15) is 17.2 Å². The van der Waals surface area contributed by atoms with Gasteiger partial charge in [0.1, 0.15) is 11.9 Å². The molecule has 1 atom stereocenters. The maximum absolute atomic E-state index is 13.3. The van der Waals surface area contributed by atoms with E-state index in [0.717, 1.165) is 16.8 Å². The number of rotatable bonds is 3. The molecule has 1 aliphatic rings. The number of hydrogen-bond donors (Lipinski definition) is 1. The summed E-state index contributed by atoms with van der Waals surface area (Å²) in [6, 6.07) is 16.4. The van der Waals surface area contributed by atoms with Gasteiger partial charge in [-0.05, 0) is 35.6 Å². The van der Waals surface area contributed by atoms with Crippen LogP contribution in [0.25, 0.3) is 5.70 Å². The predicted octanol–water partition coefficient (Wildman–Crippen LogP) is 4.20. The molecule has 6 heteroatoms. The molecule has 1 aliphatic heterocycles. The monoisotopic (exact) mass is 338 g/mol. The second-order valence-corrected chi connectivity index (χ2v) is 6.21. The largest absolute Gasteiger partial charge is 0.324 e. The van der Waals surface area contributed by atoms with Gasteiger partial charge in [-0.3, -0.25) is 0 Å². The third-order valence-electron chi connectivity index (χ3n) is 3.93. The first-order chi connectivity index (χ1) is 11.7. The molecule has 0 saturated heterocycles. The molecule has 0 fully saturated rings. The SMILES string of the molecule is CSc1nc2n(n1)[C@@H](c1ccc(F)cc1)C=C(c1ccccc1)N2. The molecule has 4 rings (SSSR count). The molecule has 2 heterocycles. The normalized spacial score (nSPS) is 16.2. The van der Waals surface area contributed by atoms with Crippen molar-refractivity contribution in [2.24, 2.45) is 0 Å². The van der Waals surface area contributed by atoms with Crippen LogP contribution in [0.15, 0.2) is 65.8 Å². The fourth-order valence-electron chi connectivity index (χ4n) is 2.74. The third-order valence-corrected chi connectivity index (χ3v) is 4.46. The molecule has 0 amide bonds. The Kier molecular flexibility index (Phi) is 3.82. The highest BCUT2D eigenvalue weighted by atomic mass is 32.2. The van der Waals surface area contributed by atoms with Crippen LogP contribution < -0.4 is 5.32 Å². The van der Waals surface area contributed by atoms with E-state index in [1.165, 1.54) is 23.9 Å². The van der Waals surface area contributed by atoms with Gasteiger partial charge >= 0.3 is 0 Å². The number of benzene rings is 2. The topological polar surface area (TPSA) is 42.7 Å². The lowest BCUT2D eigenvalue weighted by atomic mass is 10.0. The number of halogens is 1. The molecule has 120 valence electrons. The number of nitrogens with zero attached hydrogens (tertiary/aromatic N) is 3. The standard InChI is InChI=1S/C18H15FN4S/c1-24-18-21-17-20-15(12-5-3-2-4-6-12)11-16(23(17)22-18)13-7-9-14(19)10-8-13/h2-11,16H,1H3,(H,20,21,22)/t16-/m1/s1. The van der Waals surface area contributed by atoms with Gasteiger partial charge < -0.3 is 5.32 Å². The van der Waals surface area contributed by atoms with Crippen molar-refractivity contribution in [3.8, 4) is 0 Å². The summed E-state index contributed by atoms with van der Waals surface area (Å²) >= 11 is 1.49. The van der Waals surface area contributed by atoms with Crippen LogP contribution in [0.5, 0.6) is 0 Å². The number of anilines is 1. The highest BCUT2D eigenvalue weighted by Gasteiger charge is 2.25. The van der Waals surface area contributed by atoms with Gasteiger partial charge in [-0.25, -0.2) is 9.07 Å². The Bertz CT molecular complexity index is 887. The molecule has 0 saturated carbocycles. The molecular weight excluding hydrogens is 323 g/mol. The molecule has 1 N–H and O–H groups in total. The zero-order valence-corrected chi connectivity index (χ0v) is 13.8. The Morgan fingerprint density at radius 3 is 2.54 bits per heavy atom. The second kappa shape index (κ2) is 6.13. The minimum absolute atomic E-state index is 0.134. The van der Waals surface area contributed by atoms with E-state index >= 15 is 0 Å². The van der Waals surface area contributed by atoms with Crippen LogP contribution >= 0.6 is 11.8 Å². The predicted molar refractivity (Wildman–Crippen MR) is 94.4 cm³/mol. The summed E-state index contributed by atoms with van der Waals surface area (Å²) in [7, 11) is 0. The Hall–Kier alpha value is -2.60. The van der Waals surface area contributed by atoms with E-state index in [-0.39, 0.29) is 11.9 Å². The van der Waals surface area contributed by atoms with E-state index in [0.29, 0.717) is 11.1 Å². The Balaban J connectivity index is 1.83. The fourth-order valence-corrected chi connectivity index (χ4v) is 3.09. The van der Waals surface area contributed by atoms with Crippen LogP contribution in [0.4, 0.5) is 10.3 Å². The smallest absolute Gasteiger partial charge is 0.227 e. The van der Waals surface area contributed by atoms with E-state index in [1.807, 2.05) is 41.3 Å². The Labute approximate surface area is 143 Å².